The van der Waals surface area contributed by atoms with Crippen molar-refractivity contribution < 1.29 is 23.5 Å². The second-order valence-corrected chi connectivity index (χ2v) is 8.99. The summed E-state index contributed by atoms with van der Waals surface area (Å²) in [6, 6.07) is 6.49. The number of amides is 2. The second-order valence-electron chi connectivity index (χ2n) is 8.99. The van der Waals surface area contributed by atoms with Gasteiger partial charge >= 0.3 is 0 Å². The van der Waals surface area contributed by atoms with Crippen LogP contribution >= 0.6 is 0 Å². The molecule has 0 radical (unpaired) electrons. The minimum absolute atomic E-state index is 0.0844. The third kappa shape index (κ3) is 3.61. The number of hydrogen-bond acceptors (Lipinski definition) is 4. The van der Waals surface area contributed by atoms with Gasteiger partial charge in [0.25, 0.3) is 5.91 Å². The highest BCUT2D eigenvalue weighted by Gasteiger charge is 2.55. The van der Waals surface area contributed by atoms with Gasteiger partial charge in [0.15, 0.2) is 0 Å². The first kappa shape index (κ1) is 23.3. The number of benzene rings is 2. The first-order valence-electron chi connectivity index (χ1n) is 11.3. The van der Waals surface area contributed by atoms with Crippen molar-refractivity contribution in [1.82, 2.24) is 4.90 Å². The van der Waals surface area contributed by atoms with E-state index >= 15 is 0 Å². The molecule has 1 fully saturated rings. The summed E-state index contributed by atoms with van der Waals surface area (Å²) >= 11 is 0. The van der Waals surface area contributed by atoms with Crippen molar-refractivity contribution in [2.75, 3.05) is 24.5 Å². The summed E-state index contributed by atoms with van der Waals surface area (Å²) in [6.07, 6.45) is 1.75. The molecule has 0 aromatic heterocycles. The number of carbonyl (C=O) groups excluding carboxylic acids is 2. The highest BCUT2D eigenvalue weighted by molar-refractivity contribution is 6.11. The first-order chi connectivity index (χ1) is 15.6. The van der Waals surface area contributed by atoms with E-state index in [1.54, 1.807) is 6.92 Å². The molecule has 2 aliphatic rings. The molecule has 2 amide bonds. The number of primary amides is 1. The third-order valence-electron chi connectivity index (χ3n) is 7.11. The van der Waals surface area contributed by atoms with Gasteiger partial charge in [-0.15, -0.1) is 0 Å². The number of aliphatic hydroxyl groups is 1. The van der Waals surface area contributed by atoms with Gasteiger partial charge in [-0.25, -0.2) is 8.78 Å². The third-order valence-corrected chi connectivity index (χ3v) is 7.11. The minimum Gasteiger partial charge on any atom is -0.371 e. The van der Waals surface area contributed by atoms with Crippen molar-refractivity contribution in [1.29, 1.82) is 0 Å². The zero-order valence-electron chi connectivity index (χ0n) is 19.1. The Morgan fingerprint density at radius 3 is 2.33 bits per heavy atom. The van der Waals surface area contributed by atoms with Crippen LogP contribution in [0.4, 0.5) is 14.5 Å². The molecule has 0 spiro atoms. The molecule has 3 N–H and O–H groups in total. The van der Waals surface area contributed by atoms with E-state index in [2.05, 4.69) is 18.7 Å². The molecule has 2 aromatic carbocycles. The predicted octanol–water partition coefficient (Wildman–Crippen LogP) is 3.08. The van der Waals surface area contributed by atoms with Gasteiger partial charge in [0.2, 0.25) is 11.5 Å². The van der Waals surface area contributed by atoms with E-state index in [1.165, 1.54) is 23.1 Å². The van der Waals surface area contributed by atoms with Crippen LogP contribution in [0.25, 0.3) is 0 Å². The quantitative estimate of drug-likeness (QED) is 0.669. The number of hydrogen-bond donors (Lipinski definition) is 2. The van der Waals surface area contributed by atoms with E-state index in [9.17, 15) is 23.5 Å². The molecule has 0 bridgehead atoms. The molecule has 1 unspecified atom stereocenters. The largest absolute Gasteiger partial charge is 0.371 e. The van der Waals surface area contributed by atoms with Gasteiger partial charge in [-0.2, -0.15) is 0 Å². The van der Waals surface area contributed by atoms with E-state index in [0.717, 1.165) is 38.1 Å². The Bertz CT molecular complexity index is 1090. The lowest BCUT2D eigenvalue weighted by atomic mass is 9.78. The number of fused-ring (bicyclic) bond motifs is 1. The molecule has 1 saturated carbocycles. The lowest BCUT2D eigenvalue weighted by Crippen LogP contribution is -2.50. The van der Waals surface area contributed by atoms with Crippen molar-refractivity contribution in [2.45, 2.75) is 45.3 Å². The summed E-state index contributed by atoms with van der Waals surface area (Å²) in [5, 5.41) is 11.7. The van der Waals surface area contributed by atoms with E-state index in [0.29, 0.717) is 11.6 Å². The molecule has 0 saturated heterocycles. The second kappa shape index (κ2) is 8.50. The maximum Gasteiger partial charge on any atom is 0.268 e. The molecular formula is C25H29F2N3O3. The standard InChI is InChI=1S/C25H29F2N3O3/c1-4-29(5-2)17-10-15(11-17)13-30-20-12-16(23(28)31)9-14(3)21(20)25(33,24(30)32)22-18(26)7-6-8-19(22)27/h6-9,12,15,17,33H,4-5,10-11,13H2,1-3H3,(H2,28,31). The lowest BCUT2D eigenvalue weighted by molar-refractivity contribution is -0.133. The van der Waals surface area contributed by atoms with Crippen molar-refractivity contribution in [3.8, 4) is 0 Å². The number of aryl methyl sites for hydroxylation is 1. The number of carbonyl (C=O) groups is 2. The summed E-state index contributed by atoms with van der Waals surface area (Å²) in [6.45, 7) is 7.96. The topological polar surface area (TPSA) is 86.9 Å². The fraction of sp³-hybridized carbons (Fsp3) is 0.440. The van der Waals surface area contributed by atoms with Crippen molar-refractivity contribution in [3.05, 3.63) is 64.2 Å². The Morgan fingerprint density at radius 1 is 1.18 bits per heavy atom. The van der Waals surface area contributed by atoms with Gasteiger partial charge in [-0.3, -0.25) is 9.59 Å². The molecule has 1 aliphatic carbocycles. The van der Waals surface area contributed by atoms with Crippen LogP contribution in [-0.4, -0.2) is 47.5 Å². The molecule has 1 aliphatic heterocycles. The number of nitrogens with zero attached hydrogens (tertiary/aromatic N) is 2. The number of anilines is 1. The predicted molar refractivity (Wildman–Crippen MR) is 121 cm³/mol. The van der Waals surface area contributed by atoms with Crippen LogP contribution in [0.3, 0.4) is 0 Å². The fourth-order valence-electron chi connectivity index (χ4n) is 5.41. The van der Waals surface area contributed by atoms with Gasteiger partial charge in [0, 0.05) is 23.7 Å². The molecular weight excluding hydrogens is 428 g/mol. The van der Waals surface area contributed by atoms with Crippen LogP contribution in [0, 0.1) is 24.5 Å². The van der Waals surface area contributed by atoms with Crippen LogP contribution in [0.2, 0.25) is 0 Å². The van der Waals surface area contributed by atoms with Crippen molar-refractivity contribution in [3.63, 3.8) is 0 Å². The van der Waals surface area contributed by atoms with Crippen LogP contribution in [0.5, 0.6) is 0 Å². The number of nitrogens with two attached hydrogens (primary N) is 1. The van der Waals surface area contributed by atoms with Crippen LogP contribution < -0.4 is 10.6 Å². The van der Waals surface area contributed by atoms with Crippen LogP contribution in [0.1, 0.15) is 53.7 Å². The van der Waals surface area contributed by atoms with Gasteiger partial charge in [-0.05, 0) is 68.6 Å². The van der Waals surface area contributed by atoms with E-state index in [-0.39, 0.29) is 29.3 Å². The molecule has 4 rings (SSSR count). The Hall–Kier alpha value is -2.84. The molecule has 8 heteroatoms. The monoisotopic (exact) mass is 457 g/mol. The average Bonchev–Trinajstić information content (AvgIpc) is 2.94. The van der Waals surface area contributed by atoms with Gasteiger partial charge in [0.1, 0.15) is 11.6 Å². The summed E-state index contributed by atoms with van der Waals surface area (Å²) in [4.78, 5) is 29.2. The van der Waals surface area contributed by atoms with Crippen molar-refractivity contribution in [2.24, 2.45) is 11.7 Å². The number of rotatable bonds is 7. The summed E-state index contributed by atoms with van der Waals surface area (Å²) in [7, 11) is 0. The molecule has 176 valence electrons. The van der Waals surface area contributed by atoms with Crippen molar-refractivity contribution >= 4 is 17.5 Å². The highest BCUT2D eigenvalue weighted by Crippen LogP contribution is 2.49. The van der Waals surface area contributed by atoms with Gasteiger partial charge in [0.05, 0.1) is 11.3 Å². The fourth-order valence-corrected chi connectivity index (χ4v) is 5.41. The van der Waals surface area contributed by atoms with Gasteiger partial charge in [-0.1, -0.05) is 19.9 Å². The van der Waals surface area contributed by atoms with Gasteiger partial charge < -0.3 is 20.6 Å². The highest BCUT2D eigenvalue weighted by atomic mass is 19.1. The zero-order chi connectivity index (χ0) is 24.1. The van der Waals surface area contributed by atoms with E-state index in [4.69, 9.17) is 5.73 Å². The van der Waals surface area contributed by atoms with Crippen LogP contribution in [0.15, 0.2) is 30.3 Å². The molecule has 1 atom stereocenters. The minimum atomic E-state index is -2.53. The summed E-state index contributed by atoms with van der Waals surface area (Å²) < 4.78 is 29.6. The maximum atomic E-state index is 14.8. The Labute approximate surface area is 192 Å². The smallest absolute Gasteiger partial charge is 0.268 e. The molecule has 33 heavy (non-hydrogen) atoms. The first-order valence-corrected chi connectivity index (χ1v) is 11.3. The number of halogens is 2. The molecule has 2 aromatic rings. The van der Waals surface area contributed by atoms with E-state index in [1.807, 2.05) is 0 Å². The summed E-state index contributed by atoms with van der Waals surface area (Å²) in [5.74, 6) is -3.37. The zero-order valence-corrected chi connectivity index (χ0v) is 19.1. The lowest BCUT2D eigenvalue weighted by Gasteiger charge is -2.43. The Balaban J connectivity index is 1.78. The van der Waals surface area contributed by atoms with Crippen LogP contribution in [-0.2, 0) is 10.4 Å². The SMILES string of the molecule is CCN(CC)C1CC(CN2C(=O)C(O)(c3c(F)cccc3F)c3c(C)cc(C(N)=O)cc32)C1. The maximum absolute atomic E-state index is 14.8. The normalized spacial score (nSPS) is 24.2. The van der Waals surface area contributed by atoms with E-state index < -0.39 is 34.6 Å². The molecule has 6 nitrogen and oxygen atoms in total. The molecule has 1 heterocycles. The summed E-state index contributed by atoms with van der Waals surface area (Å²) in [5.41, 5.74) is 3.11. The Kier molecular flexibility index (Phi) is 6.01. The average molecular weight is 458 g/mol. The Morgan fingerprint density at radius 2 is 1.79 bits per heavy atom.